The molecule has 3 aromatic rings. The van der Waals surface area contributed by atoms with E-state index < -0.39 is 6.04 Å². The monoisotopic (exact) mass is 423 g/mol. The molecule has 8 heteroatoms. The zero-order valence-corrected chi connectivity index (χ0v) is 17.4. The number of aromatic nitrogens is 1. The molecule has 4 rings (SSSR count). The Hall–Kier alpha value is -3.39. The molecule has 0 saturated heterocycles. The third-order valence-electron chi connectivity index (χ3n) is 4.77. The third kappa shape index (κ3) is 3.99. The minimum absolute atomic E-state index is 0.107. The second-order valence-corrected chi connectivity index (χ2v) is 7.45. The van der Waals surface area contributed by atoms with Gasteiger partial charge < -0.3 is 14.8 Å². The largest absolute Gasteiger partial charge is 0.494 e. The van der Waals surface area contributed by atoms with Crippen LogP contribution in [0.3, 0.4) is 0 Å². The Morgan fingerprint density at radius 2 is 2.10 bits per heavy atom. The summed E-state index contributed by atoms with van der Waals surface area (Å²) in [6.07, 6.45) is 0. The van der Waals surface area contributed by atoms with Crippen LogP contribution in [0.1, 0.15) is 13.8 Å². The molecule has 7 nitrogen and oxygen atoms in total. The lowest BCUT2D eigenvalue weighted by Crippen LogP contribution is -2.49. The second kappa shape index (κ2) is 8.54. The molecule has 0 spiro atoms. The molecule has 1 unspecified atom stereocenters. The van der Waals surface area contributed by atoms with Crippen molar-refractivity contribution in [2.24, 2.45) is 0 Å². The van der Waals surface area contributed by atoms with Crippen LogP contribution in [0.15, 0.2) is 53.4 Å². The zero-order chi connectivity index (χ0) is 21.1. The average Bonchev–Trinajstić information content (AvgIpc) is 3.29. The van der Waals surface area contributed by atoms with Crippen LogP contribution < -0.4 is 19.7 Å². The van der Waals surface area contributed by atoms with Gasteiger partial charge in [0.05, 0.1) is 23.5 Å². The molecule has 2 heterocycles. The molecular formula is C22H21N3O4S. The Labute approximate surface area is 178 Å². The maximum atomic E-state index is 12.9. The smallest absolute Gasteiger partial charge is 0.265 e. The summed E-state index contributed by atoms with van der Waals surface area (Å²) >= 11 is 1.49. The van der Waals surface area contributed by atoms with Gasteiger partial charge in [0.15, 0.2) is 6.61 Å². The first-order valence-electron chi connectivity index (χ1n) is 9.58. The fourth-order valence-electron chi connectivity index (χ4n) is 3.28. The highest BCUT2D eigenvalue weighted by Gasteiger charge is 2.33. The lowest BCUT2D eigenvalue weighted by Gasteiger charge is -2.33. The molecule has 1 atom stereocenters. The number of nitrogens with one attached hydrogen (secondary N) is 1. The summed E-state index contributed by atoms with van der Waals surface area (Å²) < 4.78 is 11.0. The fourth-order valence-corrected chi connectivity index (χ4v) is 3.84. The molecule has 0 fully saturated rings. The maximum absolute atomic E-state index is 12.9. The molecule has 2 amide bonds. The quantitative estimate of drug-likeness (QED) is 0.649. The lowest BCUT2D eigenvalue weighted by atomic mass is 10.1. The first-order chi connectivity index (χ1) is 14.6. The van der Waals surface area contributed by atoms with Crippen LogP contribution in [-0.2, 0) is 9.59 Å². The standard InChI is InChI=1S/C22H21N3O4S/c1-3-28-17-7-5-16(6-8-17)24-22(27)14(2)25-19-10-15(18-12-30-13-23-18)4-9-20(19)29-11-21(25)26/h4-10,12-14H,3,11H2,1-2H3,(H,24,27). The summed E-state index contributed by atoms with van der Waals surface area (Å²) in [4.78, 5) is 31.4. The summed E-state index contributed by atoms with van der Waals surface area (Å²) in [5.74, 6) is 0.733. The van der Waals surface area contributed by atoms with E-state index in [9.17, 15) is 9.59 Å². The van der Waals surface area contributed by atoms with Crippen LogP contribution in [0.5, 0.6) is 11.5 Å². The first kappa shape index (κ1) is 19.9. The van der Waals surface area contributed by atoms with Gasteiger partial charge in [-0.3, -0.25) is 14.5 Å². The molecular weight excluding hydrogens is 402 g/mol. The van der Waals surface area contributed by atoms with Crippen molar-refractivity contribution in [3.8, 4) is 22.8 Å². The van der Waals surface area contributed by atoms with Crippen LogP contribution in [0.2, 0.25) is 0 Å². The number of ether oxygens (including phenoxy) is 2. The summed E-state index contributed by atoms with van der Waals surface area (Å²) in [6, 6.07) is 11.9. The molecule has 30 heavy (non-hydrogen) atoms. The van der Waals surface area contributed by atoms with Crippen molar-refractivity contribution in [3.63, 3.8) is 0 Å². The minimum atomic E-state index is -0.725. The number of anilines is 2. The first-order valence-corrected chi connectivity index (χ1v) is 10.5. The van der Waals surface area contributed by atoms with Gasteiger partial charge in [0.2, 0.25) is 5.91 Å². The van der Waals surface area contributed by atoms with Crippen LogP contribution >= 0.6 is 11.3 Å². The number of carbonyl (C=O) groups excluding carboxylic acids is 2. The van der Waals surface area contributed by atoms with Gasteiger partial charge in [0.1, 0.15) is 17.5 Å². The van der Waals surface area contributed by atoms with Crippen LogP contribution in [-0.4, -0.2) is 36.1 Å². The molecule has 1 aromatic heterocycles. The van der Waals surface area contributed by atoms with Crippen LogP contribution in [0.25, 0.3) is 11.3 Å². The Morgan fingerprint density at radius 3 is 2.80 bits per heavy atom. The number of benzene rings is 2. The summed E-state index contributed by atoms with van der Waals surface area (Å²) in [5.41, 5.74) is 4.62. The van der Waals surface area contributed by atoms with E-state index in [0.717, 1.165) is 17.0 Å². The van der Waals surface area contributed by atoms with E-state index in [-0.39, 0.29) is 18.4 Å². The highest BCUT2D eigenvalue weighted by atomic mass is 32.1. The van der Waals surface area contributed by atoms with E-state index in [1.807, 2.05) is 24.4 Å². The number of nitrogens with zero attached hydrogens (tertiary/aromatic N) is 2. The predicted molar refractivity (Wildman–Crippen MR) is 116 cm³/mol. The number of amides is 2. The lowest BCUT2D eigenvalue weighted by molar-refractivity contribution is -0.125. The minimum Gasteiger partial charge on any atom is -0.494 e. The normalized spacial score (nSPS) is 13.9. The number of rotatable bonds is 6. The van der Waals surface area contributed by atoms with E-state index in [2.05, 4.69) is 10.3 Å². The van der Waals surface area contributed by atoms with Crippen molar-refractivity contribution in [3.05, 3.63) is 53.4 Å². The number of carbonyl (C=O) groups is 2. The highest BCUT2D eigenvalue weighted by Crippen LogP contribution is 2.37. The topological polar surface area (TPSA) is 80.8 Å². The van der Waals surface area contributed by atoms with Gasteiger partial charge >= 0.3 is 0 Å². The molecule has 0 saturated carbocycles. The zero-order valence-electron chi connectivity index (χ0n) is 16.6. The van der Waals surface area contributed by atoms with Gasteiger partial charge in [0.25, 0.3) is 5.91 Å². The van der Waals surface area contributed by atoms with Crippen molar-refractivity contribution in [1.29, 1.82) is 0 Å². The SMILES string of the molecule is CCOc1ccc(NC(=O)C(C)N2C(=O)COc3ccc(-c4cscn4)cc32)cc1. The molecule has 154 valence electrons. The summed E-state index contributed by atoms with van der Waals surface area (Å²) in [5, 5.41) is 4.79. The van der Waals surface area contributed by atoms with Crippen LogP contribution in [0, 0.1) is 0 Å². The Bertz CT molecular complexity index is 1050. The van der Waals surface area contributed by atoms with E-state index in [0.29, 0.717) is 23.7 Å². The number of thiazole rings is 1. The van der Waals surface area contributed by atoms with Crippen molar-refractivity contribution in [2.45, 2.75) is 19.9 Å². The van der Waals surface area contributed by atoms with Gasteiger partial charge in [0, 0.05) is 16.6 Å². The molecule has 0 bridgehead atoms. The number of hydrogen-bond acceptors (Lipinski definition) is 6. The molecule has 1 aliphatic rings. The number of fused-ring (bicyclic) bond motifs is 1. The third-order valence-corrected chi connectivity index (χ3v) is 5.35. The van der Waals surface area contributed by atoms with Crippen molar-refractivity contribution >= 4 is 34.5 Å². The Morgan fingerprint density at radius 1 is 1.30 bits per heavy atom. The van der Waals surface area contributed by atoms with Crippen molar-refractivity contribution in [2.75, 3.05) is 23.4 Å². The van der Waals surface area contributed by atoms with E-state index in [1.165, 1.54) is 16.2 Å². The predicted octanol–water partition coefficient (Wildman–Crippen LogP) is 3.96. The molecule has 0 radical (unpaired) electrons. The second-order valence-electron chi connectivity index (χ2n) is 6.73. The van der Waals surface area contributed by atoms with Crippen molar-refractivity contribution in [1.82, 2.24) is 4.98 Å². The number of hydrogen-bond donors (Lipinski definition) is 1. The van der Waals surface area contributed by atoms with Crippen LogP contribution in [0.4, 0.5) is 11.4 Å². The van der Waals surface area contributed by atoms with E-state index in [1.54, 1.807) is 42.8 Å². The Kier molecular flexibility index (Phi) is 5.67. The van der Waals surface area contributed by atoms with Gasteiger partial charge in [-0.25, -0.2) is 4.98 Å². The summed E-state index contributed by atoms with van der Waals surface area (Å²) in [6.45, 7) is 4.08. The average molecular weight is 423 g/mol. The molecule has 1 aliphatic heterocycles. The van der Waals surface area contributed by atoms with E-state index in [4.69, 9.17) is 9.47 Å². The van der Waals surface area contributed by atoms with E-state index >= 15 is 0 Å². The maximum Gasteiger partial charge on any atom is 0.265 e. The van der Waals surface area contributed by atoms with Gasteiger partial charge in [-0.1, -0.05) is 0 Å². The fraction of sp³-hybridized carbons (Fsp3) is 0.227. The van der Waals surface area contributed by atoms with Gasteiger partial charge in [-0.2, -0.15) is 0 Å². The molecule has 1 N–H and O–H groups in total. The molecule has 2 aromatic carbocycles. The molecule has 0 aliphatic carbocycles. The summed E-state index contributed by atoms with van der Waals surface area (Å²) in [7, 11) is 0. The van der Waals surface area contributed by atoms with Gasteiger partial charge in [-0.15, -0.1) is 11.3 Å². The van der Waals surface area contributed by atoms with Gasteiger partial charge in [-0.05, 0) is 56.3 Å². The Balaban J connectivity index is 1.57. The highest BCUT2D eigenvalue weighted by molar-refractivity contribution is 7.07. The van der Waals surface area contributed by atoms with Crippen molar-refractivity contribution < 1.29 is 19.1 Å².